The van der Waals surface area contributed by atoms with E-state index in [1.54, 1.807) is 6.20 Å². The summed E-state index contributed by atoms with van der Waals surface area (Å²) in [6.45, 7) is 10.6. The highest BCUT2D eigenvalue weighted by atomic mass is 16.1. The standard InChI is InChI=1S/C17H23N3O/c1-12-10-15(16(21)19-17(3,4)5)13(2)20(12)11-14-8-6-7-9-18-14/h6-10H,11H2,1-5H3,(H,19,21). The molecular weight excluding hydrogens is 262 g/mol. The maximum atomic E-state index is 12.4. The largest absolute Gasteiger partial charge is 0.347 e. The van der Waals surface area contributed by atoms with Crippen LogP contribution in [0.1, 0.15) is 48.2 Å². The topological polar surface area (TPSA) is 46.9 Å². The molecule has 21 heavy (non-hydrogen) atoms. The second kappa shape index (κ2) is 5.72. The Morgan fingerprint density at radius 3 is 2.57 bits per heavy atom. The Labute approximate surface area is 126 Å². The second-order valence-corrected chi connectivity index (χ2v) is 6.40. The van der Waals surface area contributed by atoms with E-state index in [0.29, 0.717) is 6.54 Å². The van der Waals surface area contributed by atoms with Gasteiger partial charge in [-0.15, -0.1) is 0 Å². The minimum atomic E-state index is -0.236. The highest BCUT2D eigenvalue weighted by Gasteiger charge is 2.20. The van der Waals surface area contributed by atoms with Gasteiger partial charge in [0.1, 0.15) is 0 Å². The molecule has 0 aliphatic heterocycles. The lowest BCUT2D eigenvalue weighted by Gasteiger charge is -2.20. The highest BCUT2D eigenvalue weighted by molar-refractivity contribution is 5.96. The van der Waals surface area contributed by atoms with Gasteiger partial charge in [-0.1, -0.05) is 6.07 Å². The highest BCUT2D eigenvalue weighted by Crippen LogP contribution is 2.17. The van der Waals surface area contributed by atoms with Crippen molar-refractivity contribution in [3.05, 3.63) is 53.1 Å². The van der Waals surface area contributed by atoms with Gasteiger partial charge in [0, 0.05) is 23.1 Å². The van der Waals surface area contributed by atoms with Gasteiger partial charge in [0.25, 0.3) is 5.91 Å². The normalized spacial score (nSPS) is 11.5. The molecule has 4 heteroatoms. The monoisotopic (exact) mass is 285 g/mol. The molecule has 0 spiro atoms. The average molecular weight is 285 g/mol. The van der Waals surface area contributed by atoms with Crippen LogP contribution in [0.15, 0.2) is 30.5 Å². The average Bonchev–Trinajstić information content (AvgIpc) is 2.66. The van der Waals surface area contributed by atoms with Crippen molar-refractivity contribution in [3.63, 3.8) is 0 Å². The molecular formula is C17H23N3O. The summed E-state index contributed by atoms with van der Waals surface area (Å²) in [6, 6.07) is 7.82. The summed E-state index contributed by atoms with van der Waals surface area (Å²) in [5.41, 5.74) is 3.53. The third-order valence-electron chi connectivity index (χ3n) is 3.35. The quantitative estimate of drug-likeness (QED) is 0.942. The number of pyridine rings is 1. The molecule has 0 aliphatic carbocycles. The van der Waals surface area contributed by atoms with Crippen LogP contribution in [-0.4, -0.2) is 21.0 Å². The molecule has 0 unspecified atom stereocenters. The number of carbonyl (C=O) groups excluding carboxylic acids is 1. The fraction of sp³-hybridized carbons (Fsp3) is 0.412. The Morgan fingerprint density at radius 2 is 2.00 bits per heavy atom. The number of hydrogen-bond acceptors (Lipinski definition) is 2. The van der Waals surface area contributed by atoms with Gasteiger partial charge in [0.05, 0.1) is 17.8 Å². The molecule has 2 rings (SSSR count). The maximum absolute atomic E-state index is 12.4. The van der Waals surface area contributed by atoms with Crippen molar-refractivity contribution < 1.29 is 4.79 Å². The first-order chi connectivity index (χ1) is 9.78. The summed E-state index contributed by atoms with van der Waals surface area (Å²) in [5, 5.41) is 3.01. The molecule has 1 amide bonds. The van der Waals surface area contributed by atoms with Crippen LogP contribution in [0.25, 0.3) is 0 Å². The van der Waals surface area contributed by atoms with E-state index in [0.717, 1.165) is 22.6 Å². The molecule has 0 radical (unpaired) electrons. The number of aryl methyl sites for hydroxylation is 1. The summed E-state index contributed by atoms with van der Waals surface area (Å²) in [7, 11) is 0. The van der Waals surface area contributed by atoms with Gasteiger partial charge in [-0.25, -0.2) is 0 Å². The van der Waals surface area contributed by atoms with Gasteiger partial charge < -0.3 is 9.88 Å². The number of amides is 1. The van der Waals surface area contributed by atoms with E-state index >= 15 is 0 Å². The van der Waals surface area contributed by atoms with E-state index < -0.39 is 0 Å². The molecule has 2 heterocycles. The molecule has 2 aromatic heterocycles. The molecule has 112 valence electrons. The minimum absolute atomic E-state index is 0.0251. The molecule has 4 nitrogen and oxygen atoms in total. The zero-order valence-corrected chi connectivity index (χ0v) is 13.4. The summed E-state index contributed by atoms with van der Waals surface area (Å²) in [4.78, 5) is 16.7. The summed E-state index contributed by atoms with van der Waals surface area (Å²) < 4.78 is 2.12. The fourth-order valence-electron chi connectivity index (χ4n) is 2.34. The van der Waals surface area contributed by atoms with Crippen LogP contribution in [0, 0.1) is 13.8 Å². The molecule has 0 aromatic carbocycles. The van der Waals surface area contributed by atoms with Crippen LogP contribution in [0.4, 0.5) is 0 Å². The van der Waals surface area contributed by atoms with Crippen molar-refractivity contribution in [2.75, 3.05) is 0 Å². The number of hydrogen-bond donors (Lipinski definition) is 1. The molecule has 0 fully saturated rings. The van der Waals surface area contributed by atoms with E-state index in [1.165, 1.54) is 0 Å². The molecule has 0 saturated heterocycles. The van der Waals surface area contributed by atoms with Crippen molar-refractivity contribution in [1.29, 1.82) is 0 Å². The van der Waals surface area contributed by atoms with Gasteiger partial charge >= 0.3 is 0 Å². The first-order valence-corrected chi connectivity index (χ1v) is 7.17. The molecule has 0 aliphatic rings. The van der Waals surface area contributed by atoms with Crippen molar-refractivity contribution in [1.82, 2.24) is 14.9 Å². The first kappa shape index (κ1) is 15.3. The summed E-state index contributed by atoms with van der Waals surface area (Å²) >= 11 is 0. The van der Waals surface area contributed by atoms with Crippen LogP contribution in [-0.2, 0) is 6.54 Å². The fourth-order valence-corrected chi connectivity index (χ4v) is 2.34. The molecule has 1 N–H and O–H groups in total. The van der Waals surface area contributed by atoms with Gasteiger partial charge in [0.2, 0.25) is 0 Å². The zero-order chi connectivity index (χ0) is 15.6. The zero-order valence-electron chi connectivity index (χ0n) is 13.4. The lowest BCUT2D eigenvalue weighted by atomic mass is 10.1. The molecule has 2 aromatic rings. The third kappa shape index (κ3) is 3.72. The number of rotatable bonds is 3. The number of nitrogens with zero attached hydrogens (tertiary/aromatic N) is 2. The van der Waals surface area contributed by atoms with Crippen molar-refractivity contribution in [2.45, 2.75) is 46.7 Å². The van der Waals surface area contributed by atoms with Gasteiger partial charge in [-0.3, -0.25) is 9.78 Å². The van der Waals surface area contributed by atoms with Crippen LogP contribution in [0.3, 0.4) is 0 Å². The van der Waals surface area contributed by atoms with Crippen LogP contribution in [0.2, 0.25) is 0 Å². The molecule has 0 bridgehead atoms. The number of aromatic nitrogens is 2. The van der Waals surface area contributed by atoms with E-state index in [1.807, 2.05) is 58.9 Å². The van der Waals surface area contributed by atoms with E-state index in [4.69, 9.17) is 0 Å². The Bertz CT molecular complexity index is 636. The maximum Gasteiger partial charge on any atom is 0.253 e. The summed E-state index contributed by atoms with van der Waals surface area (Å²) in [5.74, 6) is -0.0251. The predicted molar refractivity (Wildman–Crippen MR) is 84.5 cm³/mol. The van der Waals surface area contributed by atoms with Gasteiger partial charge in [-0.2, -0.15) is 0 Å². The number of carbonyl (C=O) groups is 1. The lowest BCUT2D eigenvalue weighted by molar-refractivity contribution is 0.0919. The minimum Gasteiger partial charge on any atom is -0.347 e. The lowest BCUT2D eigenvalue weighted by Crippen LogP contribution is -2.40. The van der Waals surface area contributed by atoms with Crippen molar-refractivity contribution in [3.8, 4) is 0 Å². The SMILES string of the molecule is Cc1cc(C(=O)NC(C)(C)C)c(C)n1Cc1ccccn1. The van der Waals surface area contributed by atoms with E-state index in [9.17, 15) is 4.79 Å². The Kier molecular flexibility index (Phi) is 4.16. The van der Waals surface area contributed by atoms with Gasteiger partial charge in [0.15, 0.2) is 0 Å². The van der Waals surface area contributed by atoms with E-state index in [2.05, 4.69) is 14.9 Å². The van der Waals surface area contributed by atoms with Gasteiger partial charge in [-0.05, 0) is 52.8 Å². The smallest absolute Gasteiger partial charge is 0.253 e. The first-order valence-electron chi connectivity index (χ1n) is 7.17. The van der Waals surface area contributed by atoms with Crippen molar-refractivity contribution >= 4 is 5.91 Å². The third-order valence-corrected chi connectivity index (χ3v) is 3.35. The molecule has 0 atom stereocenters. The van der Waals surface area contributed by atoms with Crippen LogP contribution >= 0.6 is 0 Å². The second-order valence-electron chi connectivity index (χ2n) is 6.40. The Balaban J connectivity index is 2.28. The van der Waals surface area contributed by atoms with Crippen LogP contribution in [0.5, 0.6) is 0 Å². The predicted octanol–water partition coefficient (Wildman–Crippen LogP) is 3.08. The van der Waals surface area contributed by atoms with Crippen molar-refractivity contribution in [2.24, 2.45) is 0 Å². The summed E-state index contributed by atoms with van der Waals surface area (Å²) in [6.07, 6.45) is 1.79. The Morgan fingerprint density at radius 1 is 1.29 bits per heavy atom. The Hall–Kier alpha value is -2.10. The number of nitrogens with one attached hydrogen (secondary N) is 1. The van der Waals surface area contributed by atoms with E-state index in [-0.39, 0.29) is 11.4 Å². The molecule has 0 saturated carbocycles. The van der Waals surface area contributed by atoms with Crippen LogP contribution < -0.4 is 5.32 Å².